The maximum Gasteiger partial charge on any atom is 0.257 e. The molecular weight excluding hydrogens is 268 g/mol. The SMILES string of the molecule is CCOc1c(N)cccc1C(=O)N1CC=C(COC)CC1. The number of ether oxygens (including phenoxy) is 2. The van der Waals surface area contributed by atoms with Gasteiger partial charge < -0.3 is 20.1 Å². The second-order valence-corrected chi connectivity index (χ2v) is 4.95. The molecule has 0 saturated heterocycles. The van der Waals surface area contributed by atoms with Gasteiger partial charge in [0.05, 0.1) is 24.5 Å². The zero-order chi connectivity index (χ0) is 15.2. The first-order valence-electron chi connectivity index (χ1n) is 7.14. The molecule has 0 fully saturated rings. The third-order valence-electron chi connectivity index (χ3n) is 3.48. The van der Waals surface area contributed by atoms with Crippen molar-refractivity contribution in [1.29, 1.82) is 0 Å². The summed E-state index contributed by atoms with van der Waals surface area (Å²) in [5, 5.41) is 0. The van der Waals surface area contributed by atoms with Gasteiger partial charge in [-0.1, -0.05) is 12.1 Å². The molecule has 5 nitrogen and oxygen atoms in total. The first-order valence-corrected chi connectivity index (χ1v) is 7.14. The number of carbonyl (C=O) groups is 1. The summed E-state index contributed by atoms with van der Waals surface area (Å²) in [6.07, 6.45) is 2.89. The molecule has 0 saturated carbocycles. The van der Waals surface area contributed by atoms with Crippen LogP contribution < -0.4 is 10.5 Å². The minimum Gasteiger partial charge on any atom is -0.491 e. The summed E-state index contributed by atoms with van der Waals surface area (Å²) in [4.78, 5) is 14.4. The Morgan fingerprint density at radius 3 is 2.86 bits per heavy atom. The monoisotopic (exact) mass is 290 g/mol. The second kappa shape index (κ2) is 7.13. The van der Waals surface area contributed by atoms with Gasteiger partial charge >= 0.3 is 0 Å². The lowest BCUT2D eigenvalue weighted by Crippen LogP contribution is -2.35. The fraction of sp³-hybridized carbons (Fsp3) is 0.438. The largest absolute Gasteiger partial charge is 0.491 e. The van der Waals surface area contributed by atoms with Crippen LogP contribution in [-0.4, -0.2) is 44.2 Å². The van der Waals surface area contributed by atoms with Crippen LogP contribution in [0.4, 0.5) is 5.69 Å². The average molecular weight is 290 g/mol. The molecule has 0 atom stereocenters. The summed E-state index contributed by atoms with van der Waals surface area (Å²) in [6, 6.07) is 5.29. The van der Waals surface area contributed by atoms with E-state index in [2.05, 4.69) is 6.08 Å². The fourth-order valence-electron chi connectivity index (χ4n) is 2.41. The number of amides is 1. The number of carbonyl (C=O) groups excluding carboxylic acids is 1. The molecule has 21 heavy (non-hydrogen) atoms. The standard InChI is InChI=1S/C16H22N2O3/c1-3-21-15-13(5-4-6-14(15)17)16(19)18-9-7-12(8-10-18)11-20-2/h4-7H,3,8-11,17H2,1-2H3. The van der Waals surface area contributed by atoms with Crippen LogP contribution in [0.3, 0.4) is 0 Å². The van der Waals surface area contributed by atoms with Gasteiger partial charge in [0.25, 0.3) is 5.91 Å². The number of nitrogens with two attached hydrogens (primary N) is 1. The zero-order valence-corrected chi connectivity index (χ0v) is 12.6. The second-order valence-electron chi connectivity index (χ2n) is 4.95. The van der Waals surface area contributed by atoms with Gasteiger partial charge in [-0.2, -0.15) is 0 Å². The Morgan fingerprint density at radius 1 is 1.43 bits per heavy atom. The highest BCUT2D eigenvalue weighted by atomic mass is 16.5. The van der Waals surface area contributed by atoms with Crippen molar-refractivity contribution in [3.05, 3.63) is 35.4 Å². The number of methoxy groups -OCH3 is 1. The van der Waals surface area contributed by atoms with Crippen LogP contribution >= 0.6 is 0 Å². The fourth-order valence-corrected chi connectivity index (χ4v) is 2.41. The highest BCUT2D eigenvalue weighted by molar-refractivity contribution is 5.98. The van der Waals surface area contributed by atoms with Crippen LogP contribution in [0, 0.1) is 0 Å². The van der Waals surface area contributed by atoms with Crippen molar-refractivity contribution < 1.29 is 14.3 Å². The highest BCUT2D eigenvalue weighted by Gasteiger charge is 2.22. The van der Waals surface area contributed by atoms with Crippen LogP contribution in [-0.2, 0) is 4.74 Å². The van der Waals surface area contributed by atoms with Crippen molar-refractivity contribution in [2.24, 2.45) is 0 Å². The quantitative estimate of drug-likeness (QED) is 0.666. The Kier molecular flexibility index (Phi) is 5.22. The molecule has 1 aromatic rings. The minimum absolute atomic E-state index is 0.0431. The van der Waals surface area contributed by atoms with Crippen molar-refractivity contribution in [2.75, 3.05) is 39.1 Å². The van der Waals surface area contributed by atoms with Crippen molar-refractivity contribution in [1.82, 2.24) is 4.90 Å². The zero-order valence-electron chi connectivity index (χ0n) is 12.6. The Balaban J connectivity index is 2.16. The molecule has 0 spiro atoms. The highest BCUT2D eigenvalue weighted by Crippen LogP contribution is 2.28. The van der Waals surface area contributed by atoms with Crippen molar-refractivity contribution in [3.8, 4) is 5.75 Å². The smallest absolute Gasteiger partial charge is 0.257 e. The van der Waals surface area contributed by atoms with E-state index in [-0.39, 0.29) is 5.91 Å². The number of rotatable bonds is 5. The predicted octanol–water partition coefficient (Wildman–Crippen LogP) is 2.09. The van der Waals surface area contributed by atoms with Crippen LogP contribution in [0.5, 0.6) is 5.75 Å². The first-order chi connectivity index (χ1) is 10.2. The third-order valence-corrected chi connectivity index (χ3v) is 3.48. The number of hydrogen-bond donors (Lipinski definition) is 1. The van der Waals surface area contributed by atoms with Crippen LogP contribution in [0.25, 0.3) is 0 Å². The van der Waals surface area contributed by atoms with Crippen LogP contribution in [0.2, 0.25) is 0 Å². The lowest BCUT2D eigenvalue weighted by Gasteiger charge is -2.27. The number of para-hydroxylation sites is 1. The Labute approximate surface area is 125 Å². The number of nitrogens with zero attached hydrogens (tertiary/aromatic N) is 1. The molecule has 0 aromatic heterocycles. The van der Waals surface area contributed by atoms with E-state index in [0.717, 1.165) is 6.42 Å². The summed E-state index contributed by atoms with van der Waals surface area (Å²) in [5.74, 6) is 0.440. The molecule has 2 N–H and O–H groups in total. The summed E-state index contributed by atoms with van der Waals surface area (Å²) >= 11 is 0. The molecular formula is C16H22N2O3. The molecule has 1 heterocycles. The van der Waals surface area contributed by atoms with Gasteiger partial charge in [0, 0.05) is 20.2 Å². The van der Waals surface area contributed by atoms with E-state index in [1.165, 1.54) is 5.57 Å². The van der Waals surface area contributed by atoms with E-state index in [0.29, 0.717) is 43.3 Å². The van der Waals surface area contributed by atoms with Crippen molar-refractivity contribution >= 4 is 11.6 Å². The van der Waals surface area contributed by atoms with E-state index < -0.39 is 0 Å². The van der Waals surface area contributed by atoms with Crippen LogP contribution in [0.15, 0.2) is 29.8 Å². The first kappa shape index (κ1) is 15.4. The summed E-state index contributed by atoms with van der Waals surface area (Å²) in [7, 11) is 1.68. The molecule has 1 aliphatic heterocycles. The van der Waals surface area contributed by atoms with E-state index in [9.17, 15) is 4.79 Å². The third kappa shape index (κ3) is 3.55. The summed E-state index contributed by atoms with van der Waals surface area (Å²) in [6.45, 7) is 4.27. The molecule has 0 radical (unpaired) electrons. The normalized spacial score (nSPS) is 14.8. The number of hydrogen-bond acceptors (Lipinski definition) is 4. The lowest BCUT2D eigenvalue weighted by molar-refractivity contribution is 0.0761. The van der Waals surface area contributed by atoms with Gasteiger partial charge in [0.2, 0.25) is 0 Å². The van der Waals surface area contributed by atoms with Crippen molar-refractivity contribution in [2.45, 2.75) is 13.3 Å². The van der Waals surface area contributed by atoms with Gasteiger partial charge in [-0.15, -0.1) is 0 Å². The molecule has 1 amide bonds. The van der Waals surface area contributed by atoms with Gasteiger partial charge in [-0.25, -0.2) is 0 Å². The molecule has 114 valence electrons. The molecule has 5 heteroatoms. The minimum atomic E-state index is -0.0431. The maximum absolute atomic E-state index is 12.6. The predicted molar refractivity (Wildman–Crippen MR) is 82.5 cm³/mol. The topological polar surface area (TPSA) is 64.8 Å². The molecule has 1 aromatic carbocycles. The van der Waals surface area contributed by atoms with E-state index in [1.54, 1.807) is 30.2 Å². The van der Waals surface area contributed by atoms with E-state index >= 15 is 0 Å². The van der Waals surface area contributed by atoms with Gasteiger partial charge in [0.1, 0.15) is 0 Å². The Hall–Kier alpha value is -2.01. The van der Waals surface area contributed by atoms with Crippen LogP contribution in [0.1, 0.15) is 23.7 Å². The summed E-state index contributed by atoms with van der Waals surface area (Å²) in [5.41, 5.74) is 8.17. The van der Waals surface area contributed by atoms with Gasteiger partial charge in [-0.05, 0) is 31.1 Å². The number of anilines is 1. The Morgan fingerprint density at radius 2 is 2.24 bits per heavy atom. The van der Waals surface area contributed by atoms with Crippen molar-refractivity contribution in [3.63, 3.8) is 0 Å². The maximum atomic E-state index is 12.6. The Bertz CT molecular complexity index is 540. The molecule has 0 unspecified atom stereocenters. The number of nitrogen functional groups attached to an aromatic ring is 1. The molecule has 0 aliphatic carbocycles. The average Bonchev–Trinajstić information content (AvgIpc) is 2.50. The summed E-state index contributed by atoms with van der Waals surface area (Å²) < 4.78 is 10.7. The lowest BCUT2D eigenvalue weighted by atomic mass is 10.1. The van der Waals surface area contributed by atoms with E-state index in [4.69, 9.17) is 15.2 Å². The molecule has 0 bridgehead atoms. The number of benzene rings is 1. The molecule has 1 aliphatic rings. The molecule has 2 rings (SSSR count). The van der Waals surface area contributed by atoms with Gasteiger partial charge in [0.15, 0.2) is 5.75 Å². The van der Waals surface area contributed by atoms with E-state index in [1.807, 2.05) is 6.92 Å². The van der Waals surface area contributed by atoms with Gasteiger partial charge in [-0.3, -0.25) is 4.79 Å².